The van der Waals surface area contributed by atoms with Gasteiger partial charge in [0.1, 0.15) is 5.00 Å². The number of carbonyl (C=O) groups excluding carboxylic acids is 2. The van der Waals surface area contributed by atoms with Crippen LogP contribution in [0.4, 0.5) is 10.7 Å². The number of thiocarbonyl (C=S) groups is 1. The van der Waals surface area contributed by atoms with E-state index in [1.165, 1.54) is 23.3 Å². The zero-order valence-corrected chi connectivity index (χ0v) is 21.3. The third-order valence-electron chi connectivity index (χ3n) is 5.19. The molecule has 0 saturated carbocycles. The van der Waals surface area contributed by atoms with Crippen LogP contribution in [0.1, 0.15) is 25.6 Å². The zero-order chi connectivity index (χ0) is 23.6. The number of ether oxygens (including phenoxy) is 1. The average Bonchev–Trinajstić information content (AvgIpc) is 3.10. The quantitative estimate of drug-likeness (QED) is 0.479. The predicted octanol–water partition coefficient (Wildman–Crippen LogP) is 4.37. The number of rotatable bonds is 4. The van der Waals surface area contributed by atoms with Crippen molar-refractivity contribution >= 4 is 74.4 Å². The molecule has 1 N–H and O–H groups in total. The molecule has 7 nitrogen and oxygen atoms in total. The molecule has 1 aromatic heterocycles. The molecule has 1 fully saturated rings. The van der Waals surface area contributed by atoms with E-state index in [9.17, 15) is 9.59 Å². The maximum Gasteiger partial charge on any atom is 0.341 e. The third-order valence-corrected chi connectivity index (χ3v) is 7.49. The van der Waals surface area contributed by atoms with Gasteiger partial charge in [-0.2, -0.15) is 0 Å². The van der Waals surface area contributed by atoms with Gasteiger partial charge in [-0.3, -0.25) is 4.79 Å². The first-order valence-corrected chi connectivity index (χ1v) is 11.8. The van der Waals surface area contributed by atoms with Crippen LogP contribution >= 0.6 is 46.8 Å². The first-order chi connectivity index (χ1) is 15.1. The Kier molecular flexibility index (Phi) is 7.87. The van der Waals surface area contributed by atoms with Gasteiger partial charge in [0.2, 0.25) is 0 Å². The minimum atomic E-state index is -0.508. The van der Waals surface area contributed by atoms with Gasteiger partial charge in [-0.05, 0) is 42.9 Å². The fourth-order valence-corrected chi connectivity index (χ4v) is 5.24. The first kappa shape index (κ1) is 24.6. The summed E-state index contributed by atoms with van der Waals surface area (Å²) < 4.78 is 4.94. The third kappa shape index (κ3) is 5.11. The molecule has 3 rings (SSSR count). The molecular formula is C21H24Cl2N4O3S2. The number of piperazine rings is 1. The normalized spacial score (nSPS) is 13.7. The summed E-state index contributed by atoms with van der Waals surface area (Å²) in [6.07, 6.45) is 0. The van der Waals surface area contributed by atoms with Crippen LogP contribution in [-0.4, -0.2) is 74.2 Å². The second-order valence-corrected chi connectivity index (χ2v) is 9.68. The summed E-state index contributed by atoms with van der Waals surface area (Å²) in [5.74, 6) is -0.682. The molecule has 11 heteroatoms. The summed E-state index contributed by atoms with van der Waals surface area (Å²) in [6, 6.07) is 5.59. The standard InChI is InChI=1S/C21H24Cl2N4O3S2/c1-12-16(20(29)30-4)18(32-17(12)19(28)25(2)3)24-21(31)27-9-7-26(8-10-27)13-5-6-14(22)15(23)11-13/h5-6,11H,7-10H2,1-4H3,(H,24,31). The predicted molar refractivity (Wildman–Crippen MR) is 135 cm³/mol. The Labute approximate surface area is 206 Å². The van der Waals surface area contributed by atoms with Crippen molar-refractivity contribution in [1.82, 2.24) is 9.80 Å². The fraction of sp³-hybridized carbons (Fsp3) is 0.381. The minimum absolute atomic E-state index is 0.174. The molecule has 0 unspecified atom stereocenters. The summed E-state index contributed by atoms with van der Waals surface area (Å²) in [4.78, 5) is 31.1. The van der Waals surface area contributed by atoms with Crippen LogP contribution in [0.25, 0.3) is 0 Å². The molecule has 0 bridgehead atoms. The van der Waals surface area contributed by atoms with Crippen LogP contribution < -0.4 is 10.2 Å². The molecule has 1 amide bonds. The summed E-state index contributed by atoms with van der Waals surface area (Å²) in [7, 11) is 4.66. The van der Waals surface area contributed by atoms with Crippen LogP contribution in [-0.2, 0) is 4.74 Å². The Morgan fingerprint density at radius 2 is 1.81 bits per heavy atom. The van der Waals surface area contributed by atoms with E-state index in [0.29, 0.717) is 49.3 Å². The summed E-state index contributed by atoms with van der Waals surface area (Å²) in [6.45, 7) is 4.61. The Balaban J connectivity index is 1.73. The number of benzene rings is 1. The number of carbonyl (C=O) groups is 2. The maximum atomic E-state index is 12.5. The second-order valence-electron chi connectivity index (χ2n) is 7.45. The van der Waals surface area contributed by atoms with Crippen molar-refractivity contribution in [3.05, 3.63) is 44.2 Å². The lowest BCUT2D eigenvalue weighted by molar-refractivity contribution is 0.0601. The number of methoxy groups -OCH3 is 1. The van der Waals surface area contributed by atoms with Crippen molar-refractivity contribution in [2.75, 3.05) is 57.6 Å². The molecule has 1 aliphatic heterocycles. The molecule has 2 heterocycles. The molecule has 172 valence electrons. The molecule has 0 spiro atoms. The van der Waals surface area contributed by atoms with E-state index in [1.54, 1.807) is 27.1 Å². The SMILES string of the molecule is COC(=O)c1c(NC(=S)N2CCN(c3ccc(Cl)c(Cl)c3)CC2)sc(C(=O)N(C)C)c1C. The Hall–Kier alpha value is -2.07. The van der Waals surface area contributed by atoms with Gasteiger partial charge < -0.3 is 24.8 Å². The topological polar surface area (TPSA) is 65.1 Å². The number of esters is 1. The molecule has 1 aliphatic rings. The number of hydrogen-bond donors (Lipinski definition) is 1. The number of anilines is 2. The highest BCUT2D eigenvalue weighted by molar-refractivity contribution is 7.80. The maximum absolute atomic E-state index is 12.5. The van der Waals surface area contributed by atoms with Gasteiger partial charge in [-0.1, -0.05) is 23.2 Å². The zero-order valence-electron chi connectivity index (χ0n) is 18.2. The van der Waals surface area contributed by atoms with Crippen molar-refractivity contribution in [2.24, 2.45) is 0 Å². The van der Waals surface area contributed by atoms with Crippen molar-refractivity contribution in [1.29, 1.82) is 0 Å². The lowest BCUT2D eigenvalue weighted by atomic mass is 10.1. The van der Waals surface area contributed by atoms with Gasteiger partial charge in [-0.25, -0.2) is 4.79 Å². The Bertz CT molecular complexity index is 1050. The smallest absolute Gasteiger partial charge is 0.341 e. The summed E-state index contributed by atoms with van der Waals surface area (Å²) in [5, 5.41) is 5.22. The number of nitrogens with zero attached hydrogens (tertiary/aromatic N) is 3. The van der Waals surface area contributed by atoms with Gasteiger partial charge in [0.15, 0.2) is 5.11 Å². The largest absolute Gasteiger partial charge is 0.465 e. The number of amides is 1. The highest BCUT2D eigenvalue weighted by Crippen LogP contribution is 2.35. The van der Waals surface area contributed by atoms with Crippen molar-refractivity contribution in [3.8, 4) is 0 Å². The van der Waals surface area contributed by atoms with Crippen LogP contribution in [0.2, 0.25) is 10.0 Å². The molecule has 1 aromatic carbocycles. The average molecular weight is 515 g/mol. The van der Waals surface area contributed by atoms with Crippen molar-refractivity contribution < 1.29 is 14.3 Å². The molecule has 0 radical (unpaired) electrons. The van der Waals surface area contributed by atoms with Gasteiger partial charge in [0.05, 0.1) is 27.6 Å². The number of nitrogens with one attached hydrogen (secondary N) is 1. The van der Waals surface area contributed by atoms with Gasteiger partial charge in [0.25, 0.3) is 5.91 Å². The lowest BCUT2D eigenvalue weighted by Gasteiger charge is -2.37. The highest BCUT2D eigenvalue weighted by atomic mass is 35.5. The van der Waals surface area contributed by atoms with E-state index in [1.807, 2.05) is 17.0 Å². The van der Waals surface area contributed by atoms with Crippen molar-refractivity contribution in [3.63, 3.8) is 0 Å². The minimum Gasteiger partial charge on any atom is -0.465 e. The van der Waals surface area contributed by atoms with Crippen LogP contribution in [0.3, 0.4) is 0 Å². The van der Waals surface area contributed by atoms with E-state index in [4.69, 9.17) is 40.2 Å². The van der Waals surface area contributed by atoms with E-state index in [-0.39, 0.29) is 5.91 Å². The number of halogens is 2. The van der Waals surface area contributed by atoms with E-state index in [0.717, 1.165) is 18.8 Å². The van der Waals surface area contributed by atoms with E-state index < -0.39 is 5.97 Å². The Morgan fingerprint density at radius 1 is 1.16 bits per heavy atom. The highest BCUT2D eigenvalue weighted by Gasteiger charge is 2.28. The molecule has 0 aliphatic carbocycles. The second kappa shape index (κ2) is 10.2. The molecular weight excluding hydrogens is 491 g/mol. The van der Waals surface area contributed by atoms with Crippen LogP contribution in [0.5, 0.6) is 0 Å². The first-order valence-electron chi connectivity index (χ1n) is 9.83. The Morgan fingerprint density at radius 3 is 2.38 bits per heavy atom. The van der Waals surface area contributed by atoms with E-state index >= 15 is 0 Å². The van der Waals surface area contributed by atoms with E-state index in [2.05, 4.69) is 10.2 Å². The van der Waals surface area contributed by atoms with Crippen molar-refractivity contribution in [2.45, 2.75) is 6.92 Å². The number of hydrogen-bond acceptors (Lipinski definition) is 6. The van der Waals surface area contributed by atoms with Gasteiger partial charge in [0, 0.05) is 46.0 Å². The van der Waals surface area contributed by atoms with Crippen LogP contribution in [0.15, 0.2) is 18.2 Å². The molecule has 1 saturated heterocycles. The molecule has 2 aromatic rings. The van der Waals surface area contributed by atoms with Crippen LogP contribution in [0, 0.1) is 6.92 Å². The number of thiophene rings is 1. The van der Waals surface area contributed by atoms with Gasteiger partial charge >= 0.3 is 5.97 Å². The molecule has 32 heavy (non-hydrogen) atoms. The summed E-state index contributed by atoms with van der Waals surface area (Å²) >= 11 is 19.0. The fourth-order valence-electron chi connectivity index (χ4n) is 3.38. The lowest BCUT2D eigenvalue weighted by Crippen LogP contribution is -2.50. The molecule has 0 atom stereocenters. The monoisotopic (exact) mass is 514 g/mol. The summed E-state index contributed by atoms with van der Waals surface area (Å²) in [5.41, 5.74) is 1.92. The van der Waals surface area contributed by atoms with Gasteiger partial charge in [-0.15, -0.1) is 11.3 Å².